The van der Waals surface area contributed by atoms with E-state index in [1.807, 2.05) is 11.8 Å². The molecule has 1 saturated heterocycles. The van der Waals surface area contributed by atoms with E-state index >= 15 is 0 Å². The number of rotatable bonds is 5. The van der Waals surface area contributed by atoms with Crippen molar-refractivity contribution in [1.29, 1.82) is 5.41 Å². The van der Waals surface area contributed by atoms with E-state index in [2.05, 4.69) is 15.8 Å². The van der Waals surface area contributed by atoms with Crippen LogP contribution >= 0.6 is 0 Å². The number of methoxy groups -OCH3 is 1. The molecule has 2 aliphatic heterocycles. The molecule has 0 aromatic carbocycles. The van der Waals surface area contributed by atoms with E-state index in [1.54, 1.807) is 20.1 Å². The van der Waals surface area contributed by atoms with Crippen molar-refractivity contribution in [3.05, 3.63) is 23.2 Å². The number of nitrogens with zero attached hydrogens (tertiary/aromatic N) is 2. The molecule has 0 amide bonds. The van der Waals surface area contributed by atoms with Gasteiger partial charge in [-0.3, -0.25) is 5.41 Å². The zero-order valence-electron chi connectivity index (χ0n) is 17.3. The maximum atomic E-state index is 8.76. The Bertz CT molecular complexity index is 662. The van der Waals surface area contributed by atoms with Gasteiger partial charge in [0, 0.05) is 38.0 Å². The fourth-order valence-electron chi connectivity index (χ4n) is 4.19. The zero-order valence-corrected chi connectivity index (χ0v) is 17.3. The Morgan fingerprint density at radius 3 is 2.71 bits per heavy atom. The van der Waals surface area contributed by atoms with Crippen LogP contribution in [0.5, 0.6) is 0 Å². The lowest BCUT2D eigenvalue weighted by Crippen LogP contribution is -2.57. The van der Waals surface area contributed by atoms with Gasteiger partial charge in [0.1, 0.15) is 11.7 Å². The monoisotopic (exact) mass is 390 g/mol. The SMILES string of the molecule is COC1CN(C(=N)C(/C=C(/C)N)=C2\N=C(C)NO2)CCC1NC1CCCCC1. The number of aliphatic imine (C=N–C) groups is 1. The molecule has 5 N–H and O–H groups in total. The first kappa shape index (κ1) is 20.7. The van der Waals surface area contributed by atoms with Crippen LogP contribution in [-0.2, 0) is 9.57 Å². The minimum absolute atomic E-state index is 0.0399. The maximum absolute atomic E-state index is 8.76. The van der Waals surface area contributed by atoms with Crippen molar-refractivity contribution < 1.29 is 9.57 Å². The molecule has 3 aliphatic rings. The number of hydroxylamine groups is 1. The third-order valence-electron chi connectivity index (χ3n) is 5.66. The summed E-state index contributed by atoms with van der Waals surface area (Å²) in [6.07, 6.45) is 9.21. The molecule has 2 unspecified atom stereocenters. The summed E-state index contributed by atoms with van der Waals surface area (Å²) in [5.74, 6) is 1.40. The minimum atomic E-state index is 0.0399. The molecule has 0 radical (unpaired) electrons. The average Bonchev–Trinajstić information content (AvgIpc) is 3.12. The highest BCUT2D eigenvalue weighted by Crippen LogP contribution is 2.24. The lowest BCUT2D eigenvalue weighted by molar-refractivity contribution is 0.0203. The van der Waals surface area contributed by atoms with Crippen LogP contribution in [0.1, 0.15) is 52.4 Å². The molecule has 2 heterocycles. The Hall–Kier alpha value is -2.06. The highest BCUT2D eigenvalue weighted by atomic mass is 16.7. The number of amidine groups is 2. The first-order chi connectivity index (χ1) is 13.5. The maximum Gasteiger partial charge on any atom is 0.258 e. The quantitative estimate of drug-likeness (QED) is 0.422. The summed E-state index contributed by atoms with van der Waals surface area (Å²) in [5, 5.41) is 12.6. The highest BCUT2D eigenvalue weighted by Gasteiger charge is 2.33. The summed E-state index contributed by atoms with van der Waals surface area (Å²) >= 11 is 0. The molecule has 0 bridgehead atoms. The summed E-state index contributed by atoms with van der Waals surface area (Å²) in [7, 11) is 1.76. The Morgan fingerprint density at radius 2 is 2.11 bits per heavy atom. The van der Waals surface area contributed by atoms with Gasteiger partial charge in [-0.15, -0.1) is 0 Å². The van der Waals surface area contributed by atoms with Crippen molar-refractivity contribution in [3.8, 4) is 0 Å². The van der Waals surface area contributed by atoms with E-state index in [-0.39, 0.29) is 6.10 Å². The van der Waals surface area contributed by atoms with E-state index in [1.165, 1.54) is 32.1 Å². The average molecular weight is 391 g/mol. The molecule has 8 nitrogen and oxygen atoms in total. The van der Waals surface area contributed by atoms with E-state index in [9.17, 15) is 0 Å². The van der Waals surface area contributed by atoms with Gasteiger partial charge >= 0.3 is 0 Å². The number of ether oxygens (including phenoxy) is 1. The largest absolute Gasteiger partial charge is 0.402 e. The number of allylic oxidation sites excluding steroid dienone is 1. The number of nitrogens with two attached hydrogens (primary N) is 1. The van der Waals surface area contributed by atoms with E-state index in [0.717, 1.165) is 13.0 Å². The summed E-state index contributed by atoms with van der Waals surface area (Å²) in [5.41, 5.74) is 9.81. The van der Waals surface area contributed by atoms with Gasteiger partial charge in [-0.25, -0.2) is 5.48 Å². The number of hydrogen-bond acceptors (Lipinski definition) is 7. The lowest BCUT2D eigenvalue weighted by Gasteiger charge is -2.41. The van der Waals surface area contributed by atoms with E-state index < -0.39 is 0 Å². The fourth-order valence-corrected chi connectivity index (χ4v) is 4.19. The number of piperidine rings is 1. The van der Waals surface area contributed by atoms with Crippen LogP contribution in [0, 0.1) is 5.41 Å². The van der Waals surface area contributed by atoms with Crippen LogP contribution in [0.2, 0.25) is 0 Å². The molecule has 1 saturated carbocycles. The second-order valence-corrected chi connectivity index (χ2v) is 7.97. The lowest BCUT2D eigenvalue weighted by atomic mass is 9.92. The van der Waals surface area contributed by atoms with Crippen molar-refractivity contribution in [2.45, 2.75) is 70.6 Å². The van der Waals surface area contributed by atoms with Crippen LogP contribution in [0.4, 0.5) is 0 Å². The van der Waals surface area contributed by atoms with Crippen LogP contribution < -0.4 is 16.5 Å². The van der Waals surface area contributed by atoms with Gasteiger partial charge in [0.25, 0.3) is 5.88 Å². The zero-order chi connectivity index (χ0) is 20.1. The molecule has 3 rings (SSSR count). The molecule has 2 fully saturated rings. The Morgan fingerprint density at radius 1 is 1.36 bits per heavy atom. The van der Waals surface area contributed by atoms with Crippen LogP contribution in [0.25, 0.3) is 0 Å². The topological polar surface area (TPSA) is 108 Å². The van der Waals surface area contributed by atoms with Crippen molar-refractivity contribution in [3.63, 3.8) is 0 Å². The summed E-state index contributed by atoms with van der Waals surface area (Å²) in [6, 6.07) is 0.919. The predicted molar refractivity (Wildman–Crippen MR) is 111 cm³/mol. The van der Waals surface area contributed by atoms with Crippen molar-refractivity contribution in [2.75, 3.05) is 20.2 Å². The second kappa shape index (κ2) is 9.43. The summed E-state index contributed by atoms with van der Waals surface area (Å²) in [6.45, 7) is 5.05. The molecular formula is C20H34N6O2. The first-order valence-electron chi connectivity index (χ1n) is 10.3. The van der Waals surface area contributed by atoms with Crippen LogP contribution in [-0.4, -0.2) is 55.0 Å². The molecule has 0 aromatic heterocycles. The summed E-state index contributed by atoms with van der Waals surface area (Å²) in [4.78, 5) is 11.8. The molecule has 0 spiro atoms. The smallest absolute Gasteiger partial charge is 0.258 e. The van der Waals surface area contributed by atoms with Crippen LogP contribution in [0.3, 0.4) is 0 Å². The normalized spacial score (nSPS) is 28.5. The molecular weight excluding hydrogens is 356 g/mol. The van der Waals surface area contributed by atoms with Crippen molar-refractivity contribution in [2.24, 2.45) is 10.7 Å². The Labute approximate surface area is 167 Å². The van der Waals surface area contributed by atoms with Gasteiger partial charge in [0.2, 0.25) is 0 Å². The van der Waals surface area contributed by atoms with Gasteiger partial charge in [0.15, 0.2) is 0 Å². The number of nitrogens with one attached hydrogen (secondary N) is 3. The number of hydrogen-bond donors (Lipinski definition) is 4. The third-order valence-corrected chi connectivity index (χ3v) is 5.66. The standard InChI is InChI=1S/C20H34N6O2/c1-13(21)11-16(20-23-14(2)25-28-20)19(22)26-10-9-17(18(12-26)27-3)24-15-7-5-4-6-8-15/h11,15,17-18,22,24H,4-10,12,21H2,1-3H3,(H,23,25)/b13-11-,20-16+,22-19?. The Kier molecular flexibility index (Phi) is 6.96. The van der Waals surface area contributed by atoms with Gasteiger partial charge in [-0.2, -0.15) is 4.99 Å². The fraction of sp³-hybridized carbons (Fsp3) is 0.700. The molecule has 28 heavy (non-hydrogen) atoms. The van der Waals surface area contributed by atoms with Gasteiger partial charge < -0.3 is 25.5 Å². The van der Waals surface area contributed by atoms with E-state index in [4.69, 9.17) is 20.7 Å². The van der Waals surface area contributed by atoms with Crippen molar-refractivity contribution in [1.82, 2.24) is 15.7 Å². The molecule has 0 aromatic rings. The van der Waals surface area contributed by atoms with Gasteiger partial charge in [-0.05, 0) is 39.2 Å². The second-order valence-electron chi connectivity index (χ2n) is 7.97. The molecule has 8 heteroatoms. The van der Waals surface area contributed by atoms with E-state index in [0.29, 0.717) is 47.5 Å². The summed E-state index contributed by atoms with van der Waals surface area (Å²) < 4.78 is 5.80. The minimum Gasteiger partial charge on any atom is -0.402 e. The van der Waals surface area contributed by atoms with Gasteiger partial charge in [-0.1, -0.05) is 19.3 Å². The first-order valence-corrected chi connectivity index (χ1v) is 10.3. The number of likely N-dealkylation sites (tertiary alicyclic amines) is 1. The third kappa shape index (κ3) is 5.05. The predicted octanol–water partition coefficient (Wildman–Crippen LogP) is 2.00. The molecule has 2 atom stereocenters. The van der Waals surface area contributed by atoms with Crippen molar-refractivity contribution >= 4 is 11.7 Å². The Balaban J connectivity index is 1.69. The van der Waals surface area contributed by atoms with Crippen LogP contribution in [0.15, 0.2) is 28.2 Å². The molecule has 156 valence electrons. The highest BCUT2D eigenvalue weighted by molar-refractivity contribution is 5.99. The van der Waals surface area contributed by atoms with Gasteiger partial charge in [0.05, 0.1) is 11.7 Å². The molecule has 1 aliphatic carbocycles.